The first kappa shape index (κ1) is 14.2. The summed E-state index contributed by atoms with van der Waals surface area (Å²) in [7, 11) is 0. The van der Waals surface area contributed by atoms with Crippen LogP contribution in [0.5, 0.6) is 0 Å². The van der Waals surface area contributed by atoms with Crippen LogP contribution in [0.15, 0.2) is 30.3 Å². The molecule has 1 rings (SSSR count). The summed E-state index contributed by atoms with van der Waals surface area (Å²) in [6, 6.07) is 9.62. The van der Waals surface area contributed by atoms with E-state index < -0.39 is 5.97 Å². The number of aliphatic carboxylic acids is 1. The van der Waals surface area contributed by atoms with Gasteiger partial charge in [0, 0.05) is 6.42 Å². The lowest BCUT2D eigenvalue weighted by Crippen LogP contribution is -1.96. The molecule has 0 aliphatic carbocycles. The van der Waals surface area contributed by atoms with Crippen molar-refractivity contribution in [1.82, 2.24) is 0 Å². The van der Waals surface area contributed by atoms with Crippen LogP contribution in [0.25, 0.3) is 0 Å². The minimum atomic E-state index is -0.742. The molecule has 16 heavy (non-hydrogen) atoms. The summed E-state index contributed by atoms with van der Waals surface area (Å²) in [6.45, 7) is 2.66. The van der Waals surface area contributed by atoms with Crippen LogP contribution in [0.2, 0.25) is 0 Å². The number of aryl methyl sites for hydroxylation is 1. The van der Waals surface area contributed by atoms with Crippen LogP contribution in [0.4, 0.5) is 0 Å². The van der Waals surface area contributed by atoms with Gasteiger partial charge in [-0.15, -0.1) is 0 Å². The highest BCUT2D eigenvalue weighted by atomic mass is 16.5. The Kier molecular flexibility index (Phi) is 8.59. The maximum Gasteiger partial charge on any atom is 0.303 e. The van der Waals surface area contributed by atoms with Crippen molar-refractivity contribution < 1.29 is 19.4 Å². The number of benzene rings is 1. The average molecular weight is 224 g/mol. The summed E-state index contributed by atoms with van der Waals surface area (Å²) in [5, 5.41) is 8.37. The van der Waals surface area contributed by atoms with Gasteiger partial charge in [-0.25, -0.2) is 0 Å². The largest absolute Gasteiger partial charge is 0.481 e. The van der Waals surface area contributed by atoms with E-state index in [-0.39, 0.29) is 6.42 Å². The quantitative estimate of drug-likeness (QED) is 0.776. The van der Waals surface area contributed by atoms with Crippen LogP contribution >= 0.6 is 0 Å². The van der Waals surface area contributed by atoms with Crippen molar-refractivity contribution in [2.75, 3.05) is 6.61 Å². The molecule has 0 aromatic heterocycles. The first-order valence-electron chi connectivity index (χ1n) is 5.01. The van der Waals surface area contributed by atoms with Crippen molar-refractivity contribution in [3.63, 3.8) is 0 Å². The number of hydrogen-bond donors (Lipinski definition) is 1. The lowest BCUT2D eigenvalue weighted by molar-refractivity contribution is -0.137. The van der Waals surface area contributed by atoms with Crippen molar-refractivity contribution >= 4 is 12.4 Å². The number of carbonyl (C=O) groups excluding carboxylic acids is 1. The first-order valence-corrected chi connectivity index (χ1v) is 5.01. The van der Waals surface area contributed by atoms with E-state index >= 15 is 0 Å². The fourth-order valence-electron chi connectivity index (χ4n) is 0.964. The molecule has 0 atom stereocenters. The van der Waals surface area contributed by atoms with E-state index in [0.29, 0.717) is 19.5 Å². The second-order valence-corrected chi connectivity index (χ2v) is 2.93. The Morgan fingerprint density at radius 1 is 1.38 bits per heavy atom. The Morgan fingerprint density at radius 2 is 2.00 bits per heavy atom. The van der Waals surface area contributed by atoms with Gasteiger partial charge in [-0.3, -0.25) is 9.59 Å². The molecule has 1 N–H and O–H groups in total. The number of ether oxygens (including phenoxy) is 1. The molecular formula is C12H16O4. The Hall–Kier alpha value is -1.84. The zero-order valence-corrected chi connectivity index (χ0v) is 9.26. The van der Waals surface area contributed by atoms with E-state index in [1.807, 2.05) is 30.3 Å². The van der Waals surface area contributed by atoms with E-state index in [4.69, 9.17) is 5.11 Å². The lowest BCUT2D eigenvalue weighted by atomic mass is 10.1. The highest BCUT2D eigenvalue weighted by Crippen LogP contribution is 2.01. The highest BCUT2D eigenvalue weighted by molar-refractivity contribution is 5.67. The molecule has 88 valence electrons. The van der Waals surface area contributed by atoms with Crippen LogP contribution in [0, 0.1) is 0 Å². The predicted molar refractivity (Wildman–Crippen MR) is 60.1 cm³/mol. The molecule has 0 fully saturated rings. The van der Waals surface area contributed by atoms with E-state index in [0.717, 1.165) is 5.56 Å². The maximum atomic E-state index is 10.2. The van der Waals surface area contributed by atoms with Crippen LogP contribution in [-0.2, 0) is 20.7 Å². The molecule has 0 saturated carbocycles. The molecule has 0 radical (unpaired) electrons. The number of carboxylic acids is 1. The zero-order chi connectivity index (χ0) is 12.2. The fraction of sp³-hybridized carbons (Fsp3) is 0.333. The summed E-state index contributed by atoms with van der Waals surface area (Å²) >= 11 is 0. The Labute approximate surface area is 94.9 Å². The molecule has 1 aromatic carbocycles. The van der Waals surface area contributed by atoms with E-state index in [2.05, 4.69) is 4.74 Å². The van der Waals surface area contributed by atoms with Gasteiger partial charge in [0.25, 0.3) is 6.47 Å². The van der Waals surface area contributed by atoms with Crippen LogP contribution in [-0.4, -0.2) is 24.2 Å². The molecular weight excluding hydrogens is 208 g/mol. The van der Waals surface area contributed by atoms with Gasteiger partial charge in [0.1, 0.15) is 0 Å². The molecule has 0 amide bonds. The van der Waals surface area contributed by atoms with E-state index in [1.165, 1.54) is 0 Å². The summed E-state index contributed by atoms with van der Waals surface area (Å²) in [5.41, 5.74) is 1.08. The maximum absolute atomic E-state index is 10.2. The number of carbonyl (C=O) groups is 2. The van der Waals surface area contributed by atoms with Crippen molar-refractivity contribution in [1.29, 1.82) is 0 Å². The van der Waals surface area contributed by atoms with Gasteiger partial charge < -0.3 is 9.84 Å². The molecule has 0 aliphatic rings. The van der Waals surface area contributed by atoms with Gasteiger partial charge in [-0.1, -0.05) is 30.3 Å². The average Bonchev–Trinajstić information content (AvgIpc) is 2.30. The SMILES string of the molecule is CCOC=O.O=C(O)CCc1ccccc1. The fourth-order valence-corrected chi connectivity index (χ4v) is 0.964. The molecule has 0 saturated heterocycles. The second kappa shape index (κ2) is 9.71. The molecule has 0 unspecified atom stereocenters. The van der Waals surface area contributed by atoms with Crippen LogP contribution in [0.3, 0.4) is 0 Å². The highest BCUT2D eigenvalue weighted by Gasteiger charge is 1.96. The van der Waals surface area contributed by atoms with Crippen molar-refractivity contribution in [2.24, 2.45) is 0 Å². The third-order valence-electron chi connectivity index (χ3n) is 1.71. The smallest absolute Gasteiger partial charge is 0.303 e. The first-order chi connectivity index (χ1) is 7.70. The normalized spacial score (nSPS) is 8.56. The zero-order valence-electron chi connectivity index (χ0n) is 9.26. The van der Waals surface area contributed by atoms with Crippen molar-refractivity contribution in [2.45, 2.75) is 19.8 Å². The summed E-state index contributed by atoms with van der Waals surface area (Å²) in [6.07, 6.45) is 0.834. The molecule has 0 heterocycles. The van der Waals surface area contributed by atoms with Crippen molar-refractivity contribution in [3.8, 4) is 0 Å². The minimum Gasteiger partial charge on any atom is -0.481 e. The third kappa shape index (κ3) is 8.74. The van der Waals surface area contributed by atoms with Crippen molar-refractivity contribution in [3.05, 3.63) is 35.9 Å². The summed E-state index contributed by atoms with van der Waals surface area (Å²) in [4.78, 5) is 19.4. The molecule has 4 heteroatoms. The van der Waals surface area contributed by atoms with Gasteiger partial charge in [-0.05, 0) is 18.9 Å². The monoisotopic (exact) mass is 224 g/mol. The van der Waals surface area contributed by atoms with Crippen LogP contribution in [0.1, 0.15) is 18.9 Å². The van der Waals surface area contributed by atoms with E-state index in [1.54, 1.807) is 6.92 Å². The minimum absolute atomic E-state index is 0.212. The van der Waals surface area contributed by atoms with Gasteiger partial charge >= 0.3 is 5.97 Å². The number of hydrogen-bond acceptors (Lipinski definition) is 3. The Morgan fingerprint density at radius 3 is 2.38 bits per heavy atom. The Balaban J connectivity index is 0.000000385. The number of rotatable bonds is 5. The van der Waals surface area contributed by atoms with Gasteiger partial charge in [-0.2, -0.15) is 0 Å². The van der Waals surface area contributed by atoms with Gasteiger partial charge in [0.2, 0.25) is 0 Å². The second-order valence-electron chi connectivity index (χ2n) is 2.93. The lowest BCUT2D eigenvalue weighted by Gasteiger charge is -1.95. The standard InChI is InChI=1S/C9H10O2.C3H6O2/c10-9(11)7-6-8-4-2-1-3-5-8;1-2-5-3-4/h1-5H,6-7H2,(H,10,11);3H,2H2,1H3. The van der Waals surface area contributed by atoms with Crippen LogP contribution < -0.4 is 0 Å². The Bertz CT molecular complexity index is 295. The molecule has 4 nitrogen and oxygen atoms in total. The molecule has 0 spiro atoms. The molecule has 0 bridgehead atoms. The summed E-state index contributed by atoms with van der Waals surface area (Å²) < 4.78 is 4.15. The predicted octanol–water partition coefficient (Wildman–Crippen LogP) is 1.88. The molecule has 0 aliphatic heterocycles. The van der Waals surface area contributed by atoms with Gasteiger partial charge in [0.15, 0.2) is 0 Å². The number of carboxylic acid groups (broad SMARTS) is 1. The topological polar surface area (TPSA) is 63.6 Å². The van der Waals surface area contributed by atoms with Gasteiger partial charge in [0.05, 0.1) is 6.61 Å². The third-order valence-corrected chi connectivity index (χ3v) is 1.71. The van der Waals surface area contributed by atoms with E-state index in [9.17, 15) is 9.59 Å². The molecule has 1 aromatic rings. The summed E-state index contributed by atoms with van der Waals surface area (Å²) in [5.74, 6) is -0.742.